The molecule has 0 fully saturated rings. The minimum absolute atomic E-state index is 0. The van der Waals surface area contributed by atoms with Gasteiger partial charge >= 0.3 is 20.1 Å². The van der Waals surface area contributed by atoms with Gasteiger partial charge in [0.05, 0.1) is 11.7 Å². The first kappa shape index (κ1) is 47.6. The van der Waals surface area contributed by atoms with E-state index in [1.165, 1.54) is 11.1 Å². The predicted molar refractivity (Wildman–Crippen MR) is 308 cm³/mol. The van der Waals surface area contributed by atoms with Gasteiger partial charge in [0.25, 0.3) is 0 Å². The molecule has 0 aliphatic rings. The zero-order valence-corrected chi connectivity index (χ0v) is 43.5. The summed E-state index contributed by atoms with van der Waals surface area (Å²) in [6.07, 6.45) is 5.57. The van der Waals surface area contributed by atoms with E-state index in [2.05, 4.69) is 229 Å². The molecule has 358 valence electrons. The quantitative estimate of drug-likeness (QED) is 0.121. The van der Waals surface area contributed by atoms with Crippen molar-refractivity contribution in [2.75, 3.05) is 0 Å². The van der Waals surface area contributed by atoms with Gasteiger partial charge in [0, 0.05) is 17.8 Å². The molecular weight excluding hydrogens is 1100 g/mol. The fourth-order valence-corrected chi connectivity index (χ4v) is 10.3. The van der Waals surface area contributed by atoms with Crippen LogP contribution >= 0.6 is 0 Å². The Hall–Kier alpha value is -9.38. The summed E-state index contributed by atoms with van der Waals surface area (Å²) in [5, 5.41) is 5.81. The molecule has 0 saturated carbocycles. The van der Waals surface area contributed by atoms with Gasteiger partial charge in [-0.2, -0.15) is 23.3 Å². The Morgan fingerprint density at radius 2 is 0.776 bits per heavy atom. The number of pyridine rings is 2. The summed E-state index contributed by atoms with van der Waals surface area (Å²) in [6, 6.07) is 101. The summed E-state index contributed by atoms with van der Waals surface area (Å²) in [4.78, 5) is 9.33. The maximum atomic E-state index is 4.74. The molecule has 5 heteroatoms. The maximum absolute atomic E-state index is 4.74. The maximum Gasteiger partial charge on any atom is 3.00 e. The number of rotatable bonds is 11. The van der Waals surface area contributed by atoms with Gasteiger partial charge in [-0.1, -0.05) is 203 Å². The Labute approximate surface area is 456 Å². The summed E-state index contributed by atoms with van der Waals surface area (Å²) in [5.74, 6) is 0. The smallest absolute Gasteiger partial charge is 0.305 e. The fraction of sp³-hybridized carbons (Fsp3) is 0. The average molecular weight is 1150 g/mol. The number of para-hydroxylation sites is 1. The van der Waals surface area contributed by atoms with Crippen molar-refractivity contribution in [3.63, 3.8) is 0 Å². The van der Waals surface area contributed by atoms with Gasteiger partial charge in [0.15, 0.2) is 0 Å². The first-order chi connectivity index (χ1) is 37.2. The molecule has 0 saturated heterocycles. The van der Waals surface area contributed by atoms with Crippen molar-refractivity contribution < 1.29 is 20.1 Å². The molecule has 10 aromatic carbocycles. The van der Waals surface area contributed by atoms with Gasteiger partial charge < -0.3 is 9.97 Å². The van der Waals surface area contributed by atoms with Crippen molar-refractivity contribution in [1.29, 1.82) is 0 Å². The van der Waals surface area contributed by atoms with Crippen LogP contribution in [0.15, 0.2) is 273 Å². The van der Waals surface area contributed by atoms with E-state index in [9.17, 15) is 0 Å². The topological polar surface area (TPSA) is 43.6 Å². The van der Waals surface area contributed by atoms with Crippen LogP contribution < -0.4 is 0 Å². The van der Waals surface area contributed by atoms with Crippen molar-refractivity contribution in [3.8, 4) is 117 Å². The second-order valence-electron chi connectivity index (χ2n) is 18.6. The second-order valence-corrected chi connectivity index (χ2v) is 18.6. The molecule has 0 bridgehead atoms. The Balaban J connectivity index is 0.00000582. The number of benzene rings is 10. The van der Waals surface area contributed by atoms with E-state index in [-0.39, 0.29) is 20.1 Å². The van der Waals surface area contributed by atoms with Crippen LogP contribution in [0.2, 0.25) is 0 Å². The third kappa shape index (κ3) is 9.42. The Bertz CT molecular complexity index is 4130. The van der Waals surface area contributed by atoms with E-state index in [1.807, 2.05) is 71.8 Å². The third-order valence-electron chi connectivity index (χ3n) is 14.0. The summed E-state index contributed by atoms with van der Waals surface area (Å²) in [5.41, 5.74) is 23.3. The third-order valence-corrected chi connectivity index (χ3v) is 14.0. The van der Waals surface area contributed by atoms with Crippen molar-refractivity contribution in [2.24, 2.45) is 0 Å². The molecule has 13 rings (SSSR count). The van der Waals surface area contributed by atoms with Gasteiger partial charge in [-0.25, -0.2) is 0 Å². The molecule has 0 aliphatic heterocycles. The normalized spacial score (nSPS) is 11.1. The molecule has 0 amide bonds. The monoisotopic (exact) mass is 1150 g/mol. The van der Waals surface area contributed by atoms with Gasteiger partial charge in [0.2, 0.25) is 0 Å². The van der Waals surface area contributed by atoms with E-state index in [1.54, 1.807) is 0 Å². The van der Waals surface area contributed by atoms with Crippen LogP contribution in [0.4, 0.5) is 0 Å². The van der Waals surface area contributed by atoms with Gasteiger partial charge in [-0.3, -0.25) is 4.68 Å². The molecule has 3 heterocycles. The number of hydrogen-bond acceptors (Lipinski definition) is 3. The van der Waals surface area contributed by atoms with Crippen molar-refractivity contribution >= 4 is 10.9 Å². The van der Waals surface area contributed by atoms with Crippen molar-refractivity contribution in [1.82, 2.24) is 19.7 Å². The SMILES string of the molecule is [Ir+3].[c-]1cc(-c2ccccc2-c2cc(-c3ccccc3-c3c[c-]c(-n4ncc5ccccc54)cc3)cc(-c3ccccc3-c3c[c-]c(-c4ccccn4)cc3-c3ccc(-c4ccccc4)cc3)c2)ccc1-c1ccccn1. The standard InChI is InChI=1S/C71H45N4.Ir/c1-2-16-49(17-3-1)50-28-30-53(31-29-50)68-47-55(70-26-13-15-43-73-70)38-41-67(68)66-24-10-9-23-65(66)59-45-57(63-21-7-5-19-61(63)51-32-34-54(35-33-51)69-25-12-14-42-72-69)44-58(46-59)64-22-8-6-20-62(64)52-36-39-60(40-37-52)75-71-27-11-4-18-56(71)48-74-75;/h1-34,36-37,39,41-48H;/q-3;+3. The molecule has 0 atom stereocenters. The Morgan fingerprint density at radius 3 is 1.36 bits per heavy atom. The molecular formula is C71H45IrN4. The van der Waals surface area contributed by atoms with Crippen LogP contribution in [-0.2, 0) is 20.1 Å². The second kappa shape index (κ2) is 21.2. The van der Waals surface area contributed by atoms with Crippen LogP contribution in [0.3, 0.4) is 0 Å². The first-order valence-corrected chi connectivity index (χ1v) is 25.1. The van der Waals surface area contributed by atoms with Crippen LogP contribution in [0, 0.1) is 18.2 Å². The van der Waals surface area contributed by atoms with Crippen LogP contribution in [0.25, 0.3) is 128 Å². The molecule has 0 unspecified atom stereocenters. The number of fused-ring (bicyclic) bond motifs is 1. The zero-order valence-electron chi connectivity index (χ0n) is 41.1. The summed E-state index contributed by atoms with van der Waals surface area (Å²) in [7, 11) is 0. The summed E-state index contributed by atoms with van der Waals surface area (Å²) < 4.78 is 1.95. The molecule has 4 nitrogen and oxygen atoms in total. The number of nitrogens with zero attached hydrogens (tertiary/aromatic N) is 4. The van der Waals surface area contributed by atoms with Crippen LogP contribution in [0.1, 0.15) is 0 Å². The largest absolute Gasteiger partial charge is 3.00 e. The average Bonchev–Trinajstić information content (AvgIpc) is 3.94. The molecule has 76 heavy (non-hydrogen) atoms. The Kier molecular flexibility index (Phi) is 13.3. The Morgan fingerprint density at radius 1 is 0.303 bits per heavy atom. The predicted octanol–water partition coefficient (Wildman–Crippen LogP) is 17.9. The van der Waals surface area contributed by atoms with E-state index < -0.39 is 0 Å². The van der Waals surface area contributed by atoms with E-state index in [0.29, 0.717) is 0 Å². The van der Waals surface area contributed by atoms with Gasteiger partial charge in [-0.05, 0) is 104 Å². The van der Waals surface area contributed by atoms with E-state index in [0.717, 1.165) is 117 Å². The number of hydrogen-bond donors (Lipinski definition) is 0. The molecule has 13 aromatic rings. The molecule has 0 spiro atoms. The van der Waals surface area contributed by atoms with E-state index >= 15 is 0 Å². The minimum Gasteiger partial charge on any atom is -0.305 e. The number of aromatic nitrogens is 4. The fourth-order valence-electron chi connectivity index (χ4n) is 10.3. The molecule has 0 N–H and O–H groups in total. The van der Waals surface area contributed by atoms with Crippen LogP contribution in [-0.4, -0.2) is 19.7 Å². The summed E-state index contributed by atoms with van der Waals surface area (Å²) in [6.45, 7) is 0. The first-order valence-electron chi connectivity index (χ1n) is 25.1. The molecule has 3 aromatic heterocycles. The molecule has 0 radical (unpaired) electrons. The zero-order chi connectivity index (χ0) is 49.9. The van der Waals surface area contributed by atoms with Gasteiger partial charge in [0.1, 0.15) is 0 Å². The van der Waals surface area contributed by atoms with Crippen molar-refractivity contribution in [2.45, 2.75) is 0 Å². The van der Waals surface area contributed by atoms with Gasteiger partial charge in [-0.15, -0.1) is 65.2 Å². The van der Waals surface area contributed by atoms with Crippen LogP contribution in [0.5, 0.6) is 0 Å². The summed E-state index contributed by atoms with van der Waals surface area (Å²) >= 11 is 0. The van der Waals surface area contributed by atoms with E-state index in [4.69, 9.17) is 10.1 Å². The molecule has 0 aliphatic carbocycles. The van der Waals surface area contributed by atoms with Crippen molar-refractivity contribution in [3.05, 3.63) is 292 Å². The minimum atomic E-state index is 0.